The molecule has 14 heavy (non-hydrogen) atoms. The van der Waals surface area contributed by atoms with Gasteiger partial charge in [0.05, 0.1) is 6.20 Å². The summed E-state index contributed by atoms with van der Waals surface area (Å²) >= 11 is 0. The van der Waals surface area contributed by atoms with Gasteiger partial charge in [0.2, 0.25) is 5.88 Å². The molecule has 0 saturated carbocycles. The second kappa shape index (κ2) is 5.38. The lowest BCUT2D eigenvalue weighted by Crippen LogP contribution is -2.09. The number of hydrogen-bond acceptors (Lipinski definition) is 3. The highest BCUT2D eigenvalue weighted by Crippen LogP contribution is 2.07. The molecular weight excluding hydrogens is 196 g/mol. The number of ether oxygens (including phenoxy) is 1. The van der Waals surface area contributed by atoms with E-state index >= 15 is 0 Å². The van der Waals surface area contributed by atoms with Gasteiger partial charge in [-0.2, -0.15) is 0 Å². The first-order valence-electron chi connectivity index (χ1n) is 4.00. The van der Waals surface area contributed by atoms with Crippen molar-refractivity contribution in [1.82, 2.24) is 9.97 Å². The number of esters is 1. The van der Waals surface area contributed by atoms with E-state index in [2.05, 4.69) is 9.97 Å². The summed E-state index contributed by atoms with van der Waals surface area (Å²) in [7, 11) is 0. The number of allylic oxidation sites excluding steroid dienone is 1. The summed E-state index contributed by atoms with van der Waals surface area (Å²) in [5.41, 5.74) is 0.576. The predicted octanol–water partition coefficient (Wildman–Crippen LogP) is 1.21. The van der Waals surface area contributed by atoms with Crippen molar-refractivity contribution < 1.29 is 9.53 Å². The molecule has 0 aliphatic heterocycles. The second-order valence-electron chi connectivity index (χ2n) is 2.69. The van der Waals surface area contributed by atoms with Gasteiger partial charge in [0.25, 0.3) is 0 Å². The summed E-state index contributed by atoms with van der Waals surface area (Å²) in [6, 6.07) is 0. The molecule has 0 amide bonds. The highest BCUT2D eigenvalue weighted by molar-refractivity contribution is 5.89. The first-order valence-corrected chi connectivity index (χ1v) is 4.00. The van der Waals surface area contributed by atoms with Crippen LogP contribution in [-0.4, -0.2) is 26.9 Å². The number of carbonyl (C=O) groups excluding carboxylic acids is 1. The molecule has 4 radical (unpaired) electrons. The minimum absolute atomic E-state index is 0. The van der Waals surface area contributed by atoms with Crippen LogP contribution in [0.5, 0.6) is 5.88 Å². The van der Waals surface area contributed by atoms with Crippen LogP contribution in [0.2, 0.25) is 0 Å². The van der Waals surface area contributed by atoms with Crippen LogP contribution in [0.3, 0.4) is 0 Å². The average Bonchev–Trinajstić information content (AvgIpc) is 2.49. The zero-order valence-corrected chi connectivity index (χ0v) is 9.42. The molecule has 0 unspecified atom stereocenters. The number of H-pyrrole nitrogens is 1. The van der Waals surface area contributed by atoms with E-state index in [0.717, 1.165) is 5.82 Å². The predicted molar refractivity (Wildman–Crippen MR) is 54.1 cm³/mol. The first kappa shape index (κ1) is 12.6. The fraction of sp³-hybridized carbons (Fsp3) is 0.333. The van der Waals surface area contributed by atoms with Gasteiger partial charge in [0, 0.05) is 16.5 Å². The van der Waals surface area contributed by atoms with Gasteiger partial charge < -0.3 is 9.72 Å². The fourth-order valence-corrected chi connectivity index (χ4v) is 0.748. The molecule has 74 valence electrons. The SMILES string of the molecule is CC=C(C)C(=O)Oc1cnc(C)[nH]1.[Si]. The number of carbonyl (C=O) groups is 1. The number of nitrogens with zero attached hydrogens (tertiary/aromatic N) is 1. The van der Waals surface area contributed by atoms with Crippen LogP contribution in [0.25, 0.3) is 0 Å². The zero-order chi connectivity index (χ0) is 9.84. The van der Waals surface area contributed by atoms with Crippen LogP contribution in [0, 0.1) is 6.92 Å². The summed E-state index contributed by atoms with van der Waals surface area (Å²) in [5.74, 6) is 0.746. The quantitative estimate of drug-likeness (QED) is 0.451. The van der Waals surface area contributed by atoms with Crippen molar-refractivity contribution in [2.24, 2.45) is 0 Å². The molecule has 5 heteroatoms. The van der Waals surface area contributed by atoms with Crippen LogP contribution in [0.4, 0.5) is 0 Å². The van der Waals surface area contributed by atoms with Crippen molar-refractivity contribution in [2.75, 3.05) is 0 Å². The molecule has 0 aromatic carbocycles. The number of rotatable bonds is 2. The van der Waals surface area contributed by atoms with Gasteiger partial charge in [-0.05, 0) is 20.8 Å². The molecule has 1 aromatic rings. The Kier molecular flexibility index (Phi) is 4.86. The topological polar surface area (TPSA) is 55.0 Å². The molecule has 1 heterocycles. The van der Waals surface area contributed by atoms with Crippen LogP contribution < -0.4 is 4.74 Å². The third-order valence-corrected chi connectivity index (χ3v) is 1.64. The van der Waals surface area contributed by atoms with E-state index in [0.29, 0.717) is 11.5 Å². The van der Waals surface area contributed by atoms with E-state index in [-0.39, 0.29) is 16.9 Å². The third kappa shape index (κ3) is 3.18. The van der Waals surface area contributed by atoms with Crippen molar-refractivity contribution in [3.05, 3.63) is 23.7 Å². The molecule has 0 aliphatic rings. The van der Waals surface area contributed by atoms with Crippen molar-refractivity contribution >= 4 is 16.9 Å². The van der Waals surface area contributed by atoms with E-state index in [1.165, 1.54) is 6.20 Å². The van der Waals surface area contributed by atoms with Crippen molar-refractivity contribution in [2.45, 2.75) is 20.8 Å². The Labute approximate surface area is 87.4 Å². The second-order valence-corrected chi connectivity index (χ2v) is 2.69. The highest BCUT2D eigenvalue weighted by Gasteiger charge is 2.07. The van der Waals surface area contributed by atoms with E-state index in [1.54, 1.807) is 26.8 Å². The largest absolute Gasteiger partial charge is 0.404 e. The zero-order valence-electron chi connectivity index (χ0n) is 8.42. The highest BCUT2D eigenvalue weighted by atomic mass is 28.1. The molecule has 0 spiro atoms. The Bertz CT molecular complexity index is 344. The van der Waals surface area contributed by atoms with Gasteiger partial charge in [0.15, 0.2) is 0 Å². The third-order valence-electron chi connectivity index (χ3n) is 1.64. The van der Waals surface area contributed by atoms with Crippen LogP contribution in [-0.2, 0) is 4.79 Å². The number of hydrogen-bond donors (Lipinski definition) is 1. The Balaban J connectivity index is 0.00000169. The smallest absolute Gasteiger partial charge is 0.340 e. The Morgan fingerprint density at radius 3 is 2.71 bits per heavy atom. The van der Waals surface area contributed by atoms with Gasteiger partial charge in [-0.1, -0.05) is 6.08 Å². The lowest BCUT2D eigenvalue weighted by atomic mass is 10.3. The minimum atomic E-state index is -0.355. The molecule has 1 N–H and O–H groups in total. The number of nitrogens with one attached hydrogen (secondary N) is 1. The Morgan fingerprint density at radius 1 is 1.64 bits per heavy atom. The van der Waals surface area contributed by atoms with E-state index in [4.69, 9.17) is 4.74 Å². The number of aryl methyl sites for hydroxylation is 1. The van der Waals surface area contributed by atoms with Crippen molar-refractivity contribution in [3.8, 4) is 5.88 Å². The molecule has 0 bridgehead atoms. The summed E-state index contributed by atoms with van der Waals surface area (Å²) in [5, 5.41) is 0. The van der Waals surface area contributed by atoms with E-state index in [1.807, 2.05) is 0 Å². The molecule has 0 saturated heterocycles. The van der Waals surface area contributed by atoms with E-state index < -0.39 is 0 Å². The Hall–Kier alpha value is -1.36. The van der Waals surface area contributed by atoms with Crippen LogP contribution in [0.1, 0.15) is 19.7 Å². The minimum Gasteiger partial charge on any atom is -0.404 e. The number of imidazole rings is 1. The molecular formula is C9H12N2O2Si. The standard InChI is InChI=1S/C9H12N2O2.Si/c1-4-6(2)9(12)13-8-5-10-7(3)11-8;/h4-5H,1-3H3,(H,10,11);. The molecule has 4 nitrogen and oxygen atoms in total. The maximum Gasteiger partial charge on any atom is 0.340 e. The molecule has 1 rings (SSSR count). The van der Waals surface area contributed by atoms with Crippen molar-refractivity contribution in [1.29, 1.82) is 0 Å². The van der Waals surface area contributed by atoms with Crippen molar-refractivity contribution in [3.63, 3.8) is 0 Å². The summed E-state index contributed by atoms with van der Waals surface area (Å²) in [6.45, 7) is 5.28. The fourth-order valence-electron chi connectivity index (χ4n) is 0.748. The summed E-state index contributed by atoms with van der Waals surface area (Å²) < 4.78 is 4.96. The lowest BCUT2D eigenvalue weighted by Gasteiger charge is -1.99. The van der Waals surface area contributed by atoms with Gasteiger partial charge in [-0.25, -0.2) is 9.78 Å². The molecule has 0 atom stereocenters. The van der Waals surface area contributed by atoms with Gasteiger partial charge in [0.1, 0.15) is 5.82 Å². The van der Waals surface area contributed by atoms with Crippen LogP contribution in [0.15, 0.2) is 17.8 Å². The summed E-state index contributed by atoms with van der Waals surface area (Å²) in [4.78, 5) is 17.9. The van der Waals surface area contributed by atoms with Gasteiger partial charge >= 0.3 is 5.97 Å². The maximum absolute atomic E-state index is 11.2. The first-order chi connectivity index (χ1) is 6.13. The van der Waals surface area contributed by atoms with Gasteiger partial charge in [-0.15, -0.1) is 0 Å². The lowest BCUT2D eigenvalue weighted by molar-refractivity contribution is -0.130. The van der Waals surface area contributed by atoms with Gasteiger partial charge in [-0.3, -0.25) is 0 Å². The molecule has 0 aliphatic carbocycles. The molecule has 0 fully saturated rings. The van der Waals surface area contributed by atoms with Crippen LogP contribution >= 0.6 is 0 Å². The monoisotopic (exact) mass is 208 g/mol. The average molecular weight is 208 g/mol. The number of aromatic amines is 1. The van der Waals surface area contributed by atoms with E-state index in [9.17, 15) is 4.79 Å². The Morgan fingerprint density at radius 2 is 2.29 bits per heavy atom. The molecule has 1 aromatic heterocycles. The maximum atomic E-state index is 11.2. The normalized spacial score (nSPS) is 10.6. The number of aromatic nitrogens is 2. The summed E-state index contributed by atoms with van der Waals surface area (Å²) in [6.07, 6.45) is 3.18.